The molecule has 5 rings (SSSR count). The number of allylic oxidation sites excluding steroid dienone is 1. The summed E-state index contributed by atoms with van der Waals surface area (Å²) in [6.07, 6.45) is 4.59. The van der Waals surface area contributed by atoms with Crippen LogP contribution in [0.1, 0.15) is 39.0 Å². The predicted octanol–water partition coefficient (Wildman–Crippen LogP) is 4.35. The molecule has 0 spiro atoms. The van der Waals surface area contributed by atoms with Crippen molar-refractivity contribution in [2.24, 2.45) is 0 Å². The van der Waals surface area contributed by atoms with Gasteiger partial charge in [-0.05, 0) is 54.3 Å². The Bertz CT molecular complexity index is 1800. The SMILES string of the molecule is Cc1cc(Oc2ccccc2F)ncc1-n1ncc(C(=O)C2=Cc3cc(F)c(CS(=O)(=O)CCCO)cc3C2)c1N. The summed E-state index contributed by atoms with van der Waals surface area (Å²) in [5.74, 6) is -2.08. The zero-order chi connectivity index (χ0) is 29.3. The van der Waals surface area contributed by atoms with Gasteiger partial charge in [-0.1, -0.05) is 18.2 Å². The minimum Gasteiger partial charge on any atom is -0.436 e. The number of aromatic nitrogens is 3. The molecular formula is C29H26F2N4O5S. The number of nitrogens with two attached hydrogens (primary N) is 1. The molecule has 0 saturated heterocycles. The van der Waals surface area contributed by atoms with Crippen molar-refractivity contribution in [2.75, 3.05) is 18.1 Å². The van der Waals surface area contributed by atoms with Gasteiger partial charge in [0.25, 0.3) is 0 Å². The minimum absolute atomic E-state index is 0.0153. The van der Waals surface area contributed by atoms with E-state index < -0.39 is 33.0 Å². The summed E-state index contributed by atoms with van der Waals surface area (Å²) in [6, 6.07) is 10.2. The number of nitrogens with zero attached hydrogens (tertiary/aromatic N) is 3. The van der Waals surface area contributed by atoms with Gasteiger partial charge in [-0.25, -0.2) is 26.9 Å². The third-order valence-corrected chi connectivity index (χ3v) is 8.35. The number of Topliss-reactive ketones (excluding diaryl/α,β-unsaturated/α-hetero) is 1. The number of carbonyl (C=O) groups excluding carboxylic acids is 1. The second kappa shape index (κ2) is 11.2. The number of nitrogen functional groups attached to an aromatic ring is 1. The number of aliphatic hydroxyl groups excluding tert-OH is 1. The molecule has 0 fully saturated rings. The van der Waals surface area contributed by atoms with Crippen LogP contribution in [0, 0.1) is 18.6 Å². The van der Waals surface area contributed by atoms with E-state index >= 15 is 0 Å². The molecule has 1 aliphatic carbocycles. The number of halogens is 2. The molecule has 41 heavy (non-hydrogen) atoms. The largest absolute Gasteiger partial charge is 0.436 e. The standard InChI is InChI=1S/C29H26F2N4O5S/c1-17-9-27(40-26-6-3-2-5-23(26)30)33-15-25(17)35-29(32)22(14-34-35)28(37)20-10-18-12-21(24(31)13-19(18)11-20)16-41(38,39)8-4-7-36/h2-3,5-6,9,11-15,36H,4,7-8,10,16,32H2,1H3. The number of anilines is 1. The highest BCUT2D eigenvalue weighted by molar-refractivity contribution is 7.90. The number of ketones is 1. The van der Waals surface area contributed by atoms with Crippen LogP contribution in [0.15, 0.2) is 60.4 Å². The van der Waals surface area contributed by atoms with Crippen LogP contribution in [-0.4, -0.2) is 46.4 Å². The van der Waals surface area contributed by atoms with E-state index in [4.69, 9.17) is 15.6 Å². The molecule has 9 nitrogen and oxygen atoms in total. The lowest BCUT2D eigenvalue weighted by molar-refractivity contribution is 0.103. The average Bonchev–Trinajstić information content (AvgIpc) is 3.51. The van der Waals surface area contributed by atoms with Gasteiger partial charge in [0.2, 0.25) is 5.88 Å². The van der Waals surface area contributed by atoms with E-state index in [1.807, 2.05) is 0 Å². The lowest BCUT2D eigenvalue weighted by Crippen LogP contribution is -2.12. The number of ether oxygens (including phenoxy) is 1. The van der Waals surface area contributed by atoms with Crippen molar-refractivity contribution >= 4 is 27.5 Å². The number of pyridine rings is 1. The first-order chi connectivity index (χ1) is 19.6. The Labute approximate surface area is 234 Å². The van der Waals surface area contributed by atoms with Crippen LogP contribution in [0.5, 0.6) is 11.6 Å². The maximum absolute atomic E-state index is 14.7. The molecule has 0 radical (unpaired) electrons. The third-order valence-electron chi connectivity index (χ3n) is 6.69. The van der Waals surface area contributed by atoms with E-state index in [-0.39, 0.29) is 53.8 Å². The molecule has 2 heterocycles. The highest BCUT2D eigenvalue weighted by atomic mass is 32.2. The number of hydrogen-bond donors (Lipinski definition) is 2. The number of benzene rings is 2. The van der Waals surface area contributed by atoms with Crippen molar-refractivity contribution < 1.29 is 31.8 Å². The quantitative estimate of drug-likeness (QED) is 0.264. The summed E-state index contributed by atoms with van der Waals surface area (Å²) in [4.78, 5) is 17.6. The van der Waals surface area contributed by atoms with Crippen molar-refractivity contribution in [1.82, 2.24) is 14.8 Å². The normalized spacial score (nSPS) is 12.7. The Hall–Kier alpha value is -4.42. The van der Waals surface area contributed by atoms with Gasteiger partial charge < -0.3 is 15.6 Å². The number of aliphatic hydroxyl groups is 1. The Morgan fingerprint density at radius 1 is 1.15 bits per heavy atom. The van der Waals surface area contributed by atoms with E-state index in [1.165, 1.54) is 41.3 Å². The molecule has 0 atom stereocenters. The highest BCUT2D eigenvalue weighted by Gasteiger charge is 2.26. The topological polar surface area (TPSA) is 137 Å². The van der Waals surface area contributed by atoms with Crippen molar-refractivity contribution in [3.63, 3.8) is 0 Å². The molecule has 0 aliphatic heterocycles. The molecule has 0 saturated carbocycles. The van der Waals surface area contributed by atoms with E-state index in [0.29, 0.717) is 28.0 Å². The Morgan fingerprint density at radius 3 is 2.66 bits per heavy atom. The van der Waals surface area contributed by atoms with Crippen molar-refractivity contribution in [1.29, 1.82) is 0 Å². The maximum atomic E-state index is 14.7. The monoisotopic (exact) mass is 580 g/mol. The zero-order valence-corrected chi connectivity index (χ0v) is 22.8. The number of sulfone groups is 1. The fourth-order valence-corrected chi connectivity index (χ4v) is 6.01. The van der Waals surface area contributed by atoms with Crippen LogP contribution in [0.2, 0.25) is 0 Å². The van der Waals surface area contributed by atoms with Crippen LogP contribution in [0.25, 0.3) is 11.8 Å². The number of carbonyl (C=O) groups is 1. The molecule has 0 bridgehead atoms. The molecule has 2 aromatic carbocycles. The smallest absolute Gasteiger partial charge is 0.219 e. The summed E-state index contributed by atoms with van der Waals surface area (Å²) in [7, 11) is -3.60. The van der Waals surface area contributed by atoms with Crippen LogP contribution >= 0.6 is 0 Å². The molecule has 4 aromatic rings. The molecule has 2 aromatic heterocycles. The molecular weight excluding hydrogens is 554 g/mol. The number of rotatable bonds is 10. The van der Waals surface area contributed by atoms with Gasteiger partial charge in [-0.2, -0.15) is 5.10 Å². The highest BCUT2D eigenvalue weighted by Crippen LogP contribution is 2.32. The first-order valence-electron chi connectivity index (χ1n) is 12.7. The maximum Gasteiger partial charge on any atom is 0.219 e. The van der Waals surface area contributed by atoms with Gasteiger partial charge in [0.1, 0.15) is 11.6 Å². The second-order valence-corrected chi connectivity index (χ2v) is 11.9. The molecule has 212 valence electrons. The van der Waals surface area contributed by atoms with Crippen LogP contribution < -0.4 is 10.5 Å². The zero-order valence-electron chi connectivity index (χ0n) is 22.0. The summed E-state index contributed by atoms with van der Waals surface area (Å²) in [5, 5.41) is 13.2. The van der Waals surface area contributed by atoms with E-state index in [2.05, 4.69) is 10.1 Å². The molecule has 12 heteroatoms. The van der Waals surface area contributed by atoms with Crippen LogP contribution in [-0.2, 0) is 22.0 Å². The number of aryl methyl sites for hydroxylation is 1. The van der Waals surface area contributed by atoms with Gasteiger partial charge in [0, 0.05) is 30.2 Å². The minimum atomic E-state index is -3.60. The van der Waals surface area contributed by atoms with E-state index in [9.17, 15) is 22.0 Å². The first-order valence-corrected chi connectivity index (χ1v) is 14.5. The molecule has 0 amide bonds. The fraction of sp³-hybridized carbons (Fsp3) is 0.207. The second-order valence-electron chi connectivity index (χ2n) is 9.68. The van der Waals surface area contributed by atoms with Crippen LogP contribution in [0.3, 0.4) is 0 Å². The van der Waals surface area contributed by atoms with E-state index in [1.54, 1.807) is 31.2 Å². The summed E-state index contributed by atoms with van der Waals surface area (Å²) in [5.41, 5.74) is 9.08. The van der Waals surface area contributed by atoms with Gasteiger partial charge >= 0.3 is 0 Å². The third kappa shape index (κ3) is 5.88. The first kappa shape index (κ1) is 28.1. The van der Waals surface area contributed by atoms with Gasteiger partial charge in [-0.3, -0.25) is 4.79 Å². The van der Waals surface area contributed by atoms with Gasteiger partial charge in [-0.15, -0.1) is 0 Å². The fourth-order valence-electron chi connectivity index (χ4n) is 4.60. The van der Waals surface area contributed by atoms with Gasteiger partial charge in [0.15, 0.2) is 27.2 Å². The average molecular weight is 581 g/mol. The van der Waals surface area contributed by atoms with Crippen molar-refractivity contribution in [3.05, 3.63) is 99.9 Å². The number of fused-ring (bicyclic) bond motifs is 1. The molecule has 0 unspecified atom stereocenters. The number of para-hydroxylation sites is 1. The summed E-state index contributed by atoms with van der Waals surface area (Å²) in [6.45, 7) is 1.49. The van der Waals surface area contributed by atoms with E-state index in [0.717, 1.165) is 0 Å². The lowest BCUT2D eigenvalue weighted by atomic mass is 10.0. The summed E-state index contributed by atoms with van der Waals surface area (Å²) >= 11 is 0. The molecule has 1 aliphatic rings. The lowest BCUT2D eigenvalue weighted by Gasteiger charge is -2.11. The summed E-state index contributed by atoms with van der Waals surface area (Å²) < 4.78 is 60.1. The van der Waals surface area contributed by atoms with Crippen molar-refractivity contribution in [3.8, 4) is 17.3 Å². The van der Waals surface area contributed by atoms with Crippen LogP contribution in [0.4, 0.5) is 14.6 Å². The Kier molecular flexibility index (Phi) is 7.70. The predicted molar refractivity (Wildman–Crippen MR) is 149 cm³/mol. The Balaban J connectivity index is 1.34. The Morgan fingerprint density at radius 2 is 1.93 bits per heavy atom. The molecule has 3 N–H and O–H groups in total. The number of hydrogen-bond acceptors (Lipinski definition) is 8. The van der Waals surface area contributed by atoms with Crippen molar-refractivity contribution in [2.45, 2.75) is 25.5 Å². The van der Waals surface area contributed by atoms with Gasteiger partial charge in [0.05, 0.1) is 35.2 Å².